The number of fused-ring (bicyclic) bond motifs is 7. The second-order valence-electron chi connectivity index (χ2n) is 12.4. The van der Waals surface area contributed by atoms with E-state index in [1.807, 2.05) is 42.5 Å². The van der Waals surface area contributed by atoms with Crippen LogP contribution in [0, 0.1) is 0 Å². The van der Waals surface area contributed by atoms with Crippen LogP contribution in [0.5, 0.6) is 0 Å². The van der Waals surface area contributed by atoms with Gasteiger partial charge in [0, 0.05) is 45.5 Å². The Morgan fingerprint density at radius 1 is 0.367 bits per heavy atom. The average molecular weight is 629 g/mol. The summed E-state index contributed by atoms with van der Waals surface area (Å²) in [6, 6.07) is 59.5. The first kappa shape index (κ1) is 27.5. The highest BCUT2D eigenvalue weighted by Gasteiger charge is 2.19. The van der Waals surface area contributed by atoms with E-state index < -0.39 is 0 Å². The number of hydrogen-bond acceptors (Lipinski definition) is 4. The predicted molar refractivity (Wildman–Crippen MR) is 202 cm³/mol. The molecule has 230 valence electrons. The van der Waals surface area contributed by atoms with Crippen molar-refractivity contribution in [3.8, 4) is 22.6 Å². The molecule has 0 spiro atoms. The summed E-state index contributed by atoms with van der Waals surface area (Å²) >= 11 is 0. The van der Waals surface area contributed by atoms with Gasteiger partial charge in [-0.05, 0) is 87.3 Å². The van der Waals surface area contributed by atoms with Crippen LogP contribution in [0.1, 0.15) is 0 Å². The quantitative estimate of drug-likeness (QED) is 0.178. The van der Waals surface area contributed by atoms with Gasteiger partial charge in [0.2, 0.25) is 5.89 Å². The molecule has 0 aliphatic rings. The van der Waals surface area contributed by atoms with E-state index in [1.165, 1.54) is 27.1 Å². The monoisotopic (exact) mass is 628 g/mol. The molecule has 0 aliphatic heterocycles. The predicted octanol–water partition coefficient (Wildman–Crippen LogP) is 12.8. The Morgan fingerprint density at radius 3 is 1.88 bits per heavy atom. The van der Waals surface area contributed by atoms with E-state index >= 15 is 0 Å². The highest BCUT2D eigenvalue weighted by Crippen LogP contribution is 2.42. The lowest BCUT2D eigenvalue weighted by molar-refractivity contribution is 0.620. The standard InChI is InChI=1S/C45H28N2O2/c1-3-10-29(11-4-1)33-15-9-16-34(24-33)47(35-21-20-31-19-18-30-12-7-8-17-37(30)39(31)25-35)36-22-23-38-40-27-44-41(28-43(40)48-42(38)26-36)46-45(49-44)32-13-5-2-6-14-32/h1-28H. The summed E-state index contributed by atoms with van der Waals surface area (Å²) in [7, 11) is 0. The van der Waals surface area contributed by atoms with Crippen molar-refractivity contribution >= 4 is 71.6 Å². The molecule has 0 atom stereocenters. The molecule has 0 amide bonds. The largest absolute Gasteiger partial charge is 0.456 e. The number of rotatable bonds is 5. The van der Waals surface area contributed by atoms with Crippen molar-refractivity contribution in [2.45, 2.75) is 0 Å². The van der Waals surface area contributed by atoms with E-state index in [2.05, 4.69) is 132 Å². The first-order chi connectivity index (χ1) is 24.2. The van der Waals surface area contributed by atoms with Crippen molar-refractivity contribution in [3.63, 3.8) is 0 Å². The third kappa shape index (κ3) is 4.65. The normalized spacial score (nSPS) is 11.7. The number of benzene rings is 8. The third-order valence-corrected chi connectivity index (χ3v) is 9.44. The van der Waals surface area contributed by atoms with E-state index in [1.54, 1.807) is 0 Å². The fourth-order valence-electron chi connectivity index (χ4n) is 7.06. The average Bonchev–Trinajstić information content (AvgIpc) is 3.75. The molecule has 0 radical (unpaired) electrons. The molecule has 8 aromatic carbocycles. The van der Waals surface area contributed by atoms with E-state index in [4.69, 9.17) is 13.8 Å². The lowest BCUT2D eigenvalue weighted by Gasteiger charge is -2.26. The number of hydrogen-bond donors (Lipinski definition) is 0. The third-order valence-electron chi connectivity index (χ3n) is 9.44. The van der Waals surface area contributed by atoms with Gasteiger partial charge in [-0.3, -0.25) is 0 Å². The van der Waals surface area contributed by atoms with Crippen LogP contribution in [-0.4, -0.2) is 4.98 Å². The lowest BCUT2D eigenvalue weighted by Crippen LogP contribution is -2.10. The first-order valence-corrected chi connectivity index (χ1v) is 16.4. The zero-order valence-electron chi connectivity index (χ0n) is 26.4. The molecule has 2 aromatic heterocycles. The zero-order valence-corrected chi connectivity index (χ0v) is 26.4. The van der Waals surface area contributed by atoms with Crippen molar-refractivity contribution in [2.75, 3.05) is 4.90 Å². The summed E-state index contributed by atoms with van der Waals surface area (Å²) < 4.78 is 12.8. The fourth-order valence-corrected chi connectivity index (χ4v) is 7.06. The van der Waals surface area contributed by atoms with Crippen LogP contribution in [0.25, 0.3) is 77.2 Å². The van der Waals surface area contributed by atoms with Gasteiger partial charge in [-0.15, -0.1) is 0 Å². The summed E-state index contributed by atoms with van der Waals surface area (Å²) in [5, 5.41) is 6.92. The van der Waals surface area contributed by atoms with Crippen molar-refractivity contribution in [2.24, 2.45) is 0 Å². The Bertz CT molecular complexity index is 2830. The van der Waals surface area contributed by atoms with Crippen molar-refractivity contribution in [1.82, 2.24) is 4.98 Å². The summed E-state index contributed by atoms with van der Waals surface area (Å²) in [5.74, 6) is 0.603. The molecule has 0 fully saturated rings. The maximum atomic E-state index is 6.55. The Morgan fingerprint density at radius 2 is 1.02 bits per heavy atom. The number of oxazole rings is 1. The van der Waals surface area contributed by atoms with Gasteiger partial charge in [0.25, 0.3) is 0 Å². The minimum Gasteiger partial charge on any atom is -0.456 e. The fraction of sp³-hybridized carbons (Fsp3) is 0. The van der Waals surface area contributed by atoms with E-state index in [0.29, 0.717) is 5.89 Å². The van der Waals surface area contributed by atoms with Gasteiger partial charge < -0.3 is 13.7 Å². The Hall–Kier alpha value is -6.65. The topological polar surface area (TPSA) is 42.4 Å². The molecule has 0 saturated carbocycles. The number of aromatic nitrogens is 1. The van der Waals surface area contributed by atoms with Gasteiger partial charge in [-0.25, -0.2) is 4.98 Å². The smallest absolute Gasteiger partial charge is 0.227 e. The zero-order chi connectivity index (χ0) is 32.3. The summed E-state index contributed by atoms with van der Waals surface area (Å²) in [5.41, 5.74) is 9.51. The van der Waals surface area contributed by atoms with Crippen molar-refractivity contribution < 1.29 is 8.83 Å². The molecule has 0 saturated heterocycles. The SMILES string of the molecule is c1ccc(-c2cccc(N(c3ccc4c(c3)oc3cc5nc(-c6ccccc6)oc5cc34)c3ccc4ccc5ccccc5c4c3)c2)cc1. The van der Waals surface area contributed by atoms with Crippen molar-refractivity contribution in [3.05, 3.63) is 170 Å². The molecule has 2 heterocycles. The van der Waals surface area contributed by atoms with Crippen LogP contribution in [0.3, 0.4) is 0 Å². The van der Waals surface area contributed by atoms with E-state index in [-0.39, 0.29) is 0 Å². The maximum Gasteiger partial charge on any atom is 0.227 e. The van der Waals surface area contributed by atoms with Gasteiger partial charge in [-0.2, -0.15) is 0 Å². The van der Waals surface area contributed by atoms with Gasteiger partial charge in [0.15, 0.2) is 5.58 Å². The summed E-state index contributed by atoms with van der Waals surface area (Å²) in [6.45, 7) is 0. The maximum absolute atomic E-state index is 6.55. The molecule has 0 unspecified atom stereocenters. The Labute approximate surface area is 282 Å². The molecule has 4 nitrogen and oxygen atoms in total. The molecular formula is C45H28N2O2. The summed E-state index contributed by atoms with van der Waals surface area (Å²) in [4.78, 5) is 7.09. The molecule has 49 heavy (non-hydrogen) atoms. The molecule has 4 heteroatoms. The van der Waals surface area contributed by atoms with Crippen molar-refractivity contribution in [1.29, 1.82) is 0 Å². The lowest BCUT2D eigenvalue weighted by atomic mass is 10.0. The minimum atomic E-state index is 0.603. The highest BCUT2D eigenvalue weighted by molar-refractivity contribution is 6.11. The highest BCUT2D eigenvalue weighted by atomic mass is 16.4. The van der Waals surface area contributed by atoms with Gasteiger partial charge >= 0.3 is 0 Å². The minimum absolute atomic E-state index is 0.603. The number of furan rings is 1. The van der Waals surface area contributed by atoms with Crippen LogP contribution in [-0.2, 0) is 0 Å². The number of nitrogens with zero attached hydrogens (tertiary/aromatic N) is 2. The molecule has 0 aliphatic carbocycles. The van der Waals surface area contributed by atoms with Gasteiger partial charge in [0.1, 0.15) is 16.7 Å². The Kier molecular flexibility index (Phi) is 6.15. The van der Waals surface area contributed by atoms with Crippen LogP contribution >= 0.6 is 0 Å². The van der Waals surface area contributed by atoms with Crippen LogP contribution < -0.4 is 4.90 Å². The first-order valence-electron chi connectivity index (χ1n) is 16.4. The molecule has 10 rings (SSSR count). The molecular weight excluding hydrogens is 601 g/mol. The van der Waals surface area contributed by atoms with Gasteiger partial charge in [0.05, 0.1) is 0 Å². The van der Waals surface area contributed by atoms with Crippen LogP contribution in [0.2, 0.25) is 0 Å². The second-order valence-corrected chi connectivity index (χ2v) is 12.4. The van der Waals surface area contributed by atoms with E-state index in [0.717, 1.165) is 61.2 Å². The Balaban J connectivity index is 1.15. The molecule has 0 N–H and O–H groups in total. The molecule has 0 bridgehead atoms. The van der Waals surface area contributed by atoms with E-state index in [9.17, 15) is 0 Å². The van der Waals surface area contributed by atoms with Gasteiger partial charge in [-0.1, -0.05) is 103 Å². The second kappa shape index (κ2) is 11.0. The summed E-state index contributed by atoms with van der Waals surface area (Å²) in [6.07, 6.45) is 0. The molecule has 10 aromatic rings. The van der Waals surface area contributed by atoms with Crippen LogP contribution in [0.15, 0.2) is 179 Å². The number of anilines is 3. The van der Waals surface area contributed by atoms with Crippen LogP contribution in [0.4, 0.5) is 17.1 Å².